The lowest BCUT2D eigenvalue weighted by Gasteiger charge is -2.10. The van der Waals surface area contributed by atoms with Crippen molar-refractivity contribution in [1.82, 2.24) is 4.90 Å². The van der Waals surface area contributed by atoms with Crippen LogP contribution >= 0.6 is 11.6 Å². The summed E-state index contributed by atoms with van der Waals surface area (Å²) in [4.78, 5) is 32.8. The van der Waals surface area contributed by atoms with Gasteiger partial charge in [0.05, 0.1) is 11.6 Å². The number of unbranched alkanes of at least 4 members (excludes halogenated alkanes) is 5. The molecule has 0 atom stereocenters. The van der Waals surface area contributed by atoms with Gasteiger partial charge >= 0.3 is 0 Å². The molecule has 6 nitrogen and oxygen atoms in total. The predicted molar refractivity (Wildman–Crippen MR) is 193 cm³/mol. The van der Waals surface area contributed by atoms with Crippen molar-refractivity contribution >= 4 is 40.7 Å². The van der Waals surface area contributed by atoms with E-state index in [-0.39, 0.29) is 16.5 Å². The maximum Gasteiger partial charge on any atom is 0.211 e. The molecule has 44 heavy (non-hydrogen) atoms. The molecular weight excluding hydrogens is 570 g/mol. The lowest BCUT2D eigenvalue weighted by molar-refractivity contribution is -0.117. The van der Waals surface area contributed by atoms with E-state index in [1.807, 2.05) is 26.8 Å². The molecule has 0 saturated carbocycles. The maximum atomic E-state index is 10.6. The maximum absolute atomic E-state index is 10.6. The van der Waals surface area contributed by atoms with Crippen LogP contribution in [0, 0.1) is 11.8 Å². The first-order valence-electron chi connectivity index (χ1n) is 16.1. The van der Waals surface area contributed by atoms with Crippen LogP contribution < -0.4 is 5.32 Å². The van der Waals surface area contributed by atoms with Crippen LogP contribution in [0.25, 0.3) is 5.57 Å². The van der Waals surface area contributed by atoms with Crippen LogP contribution in [-0.4, -0.2) is 36.7 Å². The Morgan fingerprint density at radius 1 is 0.955 bits per heavy atom. The van der Waals surface area contributed by atoms with Gasteiger partial charge in [-0.1, -0.05) is 126 Å². The average Bonchev–Trinajstić information content (AvgIpc) is 3.53. The summed E-state index contributed by atoms with van der Waals surface area (Å²) in [6.45, 7) is 19.3. The number of anilines is 1. The van der Waals surface area contributed by atoms with Gasteiger partial charge in [0.2, 0.25) is 6.41 Å². The molecule has 246 valence electrons. The Morgan fingerprint density at radius 3 is 1.95 bits per heavy atom. The number of amides is 1. The number of allylic oxidation sites excluding steroid dienone is 4. The number of nitrogens with one attached hydrogen (secondary N) is 1. The quantitative estimate of drug-likeness (QED) is 0.110. The molecule has 1 saturated heterocycles. The Labute approximate surface area is 273 Å². The second kappa shape index (κ2) is 30.0. The molecule has 0 aliphatic carbocycles. The highest BCUT2D eigenvalue weighted by Crippen LogP contribution is 2.27. The van der Waals surface area contributed by atoms with Gasteiger partial charge in [-0.2, -0.15) is 0 Å². The number of nitrogens with zero attached hydrogens (tertiary/aromatic N) is 2. The fourth-order valence-electron chi connectivity index (χ4n) is 4.00. The summed E-state index contributed by atoms with van der Waals surface area (Å²) in [7, 11) is 0. The number of carbonyl (C=O) groups excluding carboxylic acids is 2. The molecular formula is C37H58ClN3O3. The van der Waals surface area contributed by atoms with Crippen molar-refractivity contribution in [1.29, 1.82) is 0 Å². The van der Waals surface area contributed by atoms with Crippen LogP contribution in [0.1, 0.15) is 111 Å². The highest BCUT2D eigenvalue weighted by molar-refractivity contribution is 6.33. The number of benzene rings is 2. The Bertz CT molecular complexity index is 1070. The molecule has 0 aromatic heterocycles. The first kappa shape index (κ1) is 43.0. The zero-order valence-corrected chi connectivity index (χ0v) is 29.4. The predicted octanol–water partition coefficient (Wildman–Crippen LogP) is 11.3. The number of Topliss-reactive ketones (excluding diaryl/α,β-unsaturated/α-hetero) is 1. The summed E-state index contributed by atoms with van der Waals surface area (Å²) in [5.41, 5.74) is 4.60. The molecule has 0 radical (unpaired) electrons. The number of hydrogen-bond acceptors (Lipinski definition) is 5. The third-order valence-electron chi connectivity index (χ3n) is 6.42. The number of likely N-dealkylation sites (tertiary alicyclic amines) is 1. The molecule has 1 fully saturated rings. The molecule has 1 aliphatic heterocycles. The van der Waals surface area contributed by atoms with Crippen LogP contribution in [0.15, 0.2) is 65.9 Å². The zero-order chi connectivity index (χ0) is 33.6. The Kier molecular flexibility index (Phi) is 29.3. The standard InChI is InChI=1S/C13H16.C8H18.C7H5ClN2O2.C7H13NO.C2H6/c1-4-5-6-12(3)13-9-7-11(2)8-10-13;1-3-5-7-8-6-4-2;8-6-3-5(9-4-11)1-2-7(6)10-12;1-7(9)6-8-4-2-3-5-8;1-2/h4-10H,1-3H3;3-8H2,1-2H3;1-4H,(H,9,11);2-6H2,1H3;1-2H3/b5-4-,12-6+;;;;. The molecule has 0 spiro atoms. The number of carbonyl (C=O) groups is 2. The first-order chi connectivity index (χ1) is 21.2. The molecule has 1 aliphatic rings. The molecule has 2 aromatic carbocycles. The van der Waals surface area contributed by atoms with E-state index in [2.05, 4.69) is 79.5 Å². The summed E-state index contributed by atoms with van der Waals surface area (Å²) in [5.74, 6) is 0.289. The normalized spacial score (nSPS) is 12.2. The topological polar surface area (TPSA) is 78.8 Å². The van der Waals surface area contributed by atoms with Crippen molar-refractivity contribution in [3.63, 3.8) is 0 Å². The molecule has 1 heterocycles. The van der Waals surface area contributed by atoms with E-state index < -0.39 is 0 Å². The number of rotatable bonds is 12. The molecule has 1 amide bonds. The smallest absolute Gasteiger partial charge is 0.211 e. The van der Waals surface area contributed by atoms with Crippen LogP contribution in [0.3, 0.4) is 0 Å². The second-order valence-electron chi connectivity index (χ2n) is 10.4. The van der Waals surface area contributed by atoms with E-state index >= 15 is 0 Å². The molecule has 0 unspecified atom stereocenters. The summed E-state index contributed by atoms with van der Waals surface area (Å²) >= 11 is 5.62. The van der Waals surface area contributed by atoms with Crippen molar-refractivity contribution in [3.8, 4) is 0 Å². The van der Waals surface area contributed by atoms with E-state index in [9.17, 15) is 14.5 Å². The molecule has 7 heteroatoms. The van der Waals surface area contributed by atoms with Gasteiger partial charge in [-0.25, -0.2) is 0 Å². The van der Waals surface area contributed by atoms with Crippen LogP contribution in [0.2, 0.25) is 5.02 Å². The average molecular weight is 628 g/mol. The minimum Gasteiger partial charge on any atom is -0.329 e. The summed E-state index contributed by atoms with van der Waals surface area (Å²) in [6, 6.07) is 13.0. The van der Waals surface area contributed by atoms with Gasteiger partial charge in [-0.15, -0.1) is 4.91 Å². The minimum absolute atomic E-state index is 0.160. The van der Waals surface area contributed by atoms with Crippen molar-refractivity contribution in [3.05, 3.63) is 81.7 Å². The fraction of sp³-hybridized carbons (Fsp3) is 0.514. The van der Waals surface area contributed by atoms with Gasteiger partial charge in [0, 0.05) is 5.69 Å². The van der Waals surface area contributed by atoms with Gasteiger partial charge in [-0.3, -0.25) is 14.5 Å². The number of halogens is 1. The Hall–Kier alpha value is -3.09. The first-order valence-corrected chi connectivity index (χ1v) is 16.5. The van der Waals surface area contributed by atoms with Gasteiger partial charge in [0.25, 0.3) is 0 Å². The van der Waals surface area contributed by atoms with Crippen LogP contribution in [0.4, 0.5) is 11.4 Å². The number of aryl methyl sites for hydroxylation is 1. The fourth-order valence-corrected chi connectivity index (χ4v) is 4.22. The van der Waals surface area contributed by atoms with Crippen molar-refractivity contribution in [2.75, 3.05) is 25.0 Å². The molecule has 2 aromatic rings. The lowest BCUT2D eigenvalue weighted by atomic mass is 10.1. The van der Waals surface area contributed by atoms with Gasteiger partial charge in [0.15, 0.2) is 0 Å². The van der Waals surface area contributed by atoms with Crippen molar-refractivity contribution in [2.24, 2.45) is 5.18 Å². The van der Waals surface area contributed by atoms with Crippen LogP contribution in [-0.2, 0) is 9.59 Å². The van der Waals surface area contributed by atoms with E-state index in [1.54, 1.807) is 6.92 Å². The van der Waals surface area contributed by atoms with Gasteiger partial charge < -0.3 is 5.32 Å². The Balaban J connectivity index is 0. The zero-order valence-electron chi connectivity index (χ0n) is 28.6. The Morgan fingerprint density at radius 2 is 1.52 bits per heavy atom. The van der Waals surface area contributed by atoms with E-state index in [4.69, 9.17) is 11.6 Å². The SMILES string of the molecule is C/C=C\C=C(/C)c1ccc(C)cc1.CC.CC(=O)CN1CCCC1.CCCCCCCC.O=CNc1ccc(N=O)c(Cl)c1. The lowest BCUT2D eigenvalue weighted by Crippen LogP contribution is -2.24. The van der Waals surface area contributed by atoms with Crippen molar-refractivity contribution < 1.29 is 9.59 Å². The third-order valence-corrected chi connectivity index (χ3v) is 6.72. The monoisotopic (exact) mass is 627 g/mol. The van der Waals surface area contributed by atoms with Gasteiger partial charge in [0.1, 0.15) is 11.5 Å². The van der Waals surface area contributed by atoms with Gasteiger partial charge in [-0.05, 0) is 88.1 Å². The van der Waals surface area contributed by atoms with Crippen LogP contribution in [0.5, 0.6) is 0 Å². The molecule has 3 rings (SSSR count). The third kappa shape index (κ3) is 23.4. The number of ketones is 1. The highest BCUT2D eigenvalue weighted by Gasteiger charge is 2.11. The summed E-state index contributed by atoms with van der Waals surface area (Å²) < 4.78 is 0. The number of nitroso groups, excluding NO2 is 1. The molecule has 1 N–H and O–H groups in total. The number of hydrogen-bond donors (Lipinski definition) is 1. The van der Waals surface area contributed by atoms with E-state index in [1.165, 1.54) is 86.3 Å². The second-order valence-corrected chi connectivity index (χ2v) is 10.8. The summed E-state index contributed by atoms with van der Waals surface area (Å²) in [6.07, 6.45) is 17.8. The molecule has 0 bridgehead atoms. The largest absolute Gasteiger partial charge is 0.329 e. The van der Waals surface area contributed by atoms with E-state index in [0.29, 0.717) is 18.6 Å². The van der Waals surface area contributed by atoms with Crippen molar-refractivity contribution in [2.45, 2.75) is 107 Å². The minimum atomic E-state index is 0.160. The van der Waals surface area contributed by atoms with E-state index in [0.717, 1.165) is 13.1 Å². The summed E-state index contributed by atoms with van der Waals surface area (Å²) in [5, 5.41) is 5.28. The highest BCUT2D eigenvalue weighted by atomic mass is 35.5.